The Balaban J connectivity index is 1.51. The maximum absolute atomic E-state index is 12.9. The van der Waals surface area contributed by atoms with Crippen molar-refractivity contribution in [3.63, 3.8) is 0 Å². The third-order valence-corrected chi connectivity index (χ3v) is 5.95. The molecule has 2 atom stereocenters. The normalized spacial score (nSPS) is 27.2. The minimum absolute atomic E-state index is 0.00560. The molecule has 2 saturated heterocycles. The number of piperidine rings is 2. The highest BCUT2D eigenvalue weighted by atomic mass is 16.3. The number of imide groups is 2. The minimum atomic E-state index is -0.965. The lowest BCUT2D eigenvalue weighted by atomic mass is 9.90. The Morgan fingerprint density at radius 2 is 1.97 bits per heavy atom. The van der Waals surface area contributed by atoms with Gasteiger partial charge in [-0.1, -0.05) is 6.07 Å². The van der Waals surface area contributed by atoms with Crippen molar-refractivity contribution in [1.29, 1.82) is 0 Å². The lowest BCUT2D eigenvalue weighted by Crippen LogP contribution is -2.57. The summed E-state index contributed by atoms with van der Waals surface area (Å²) in [4.78, 5) is 50.1. The zero-order chi connectivity index (χ0) is 20.6. The molecule has 4 amide bonds. The summed E-state index contributed by atoms with van der Waals surface area (Å²) in [5.41, 5.74) is 0.933. The number of nitrogens with one attached hydrogen (secondary N) is 3. The first kappa shape index (κ1) is 19.7. The lowest BCUT2D eigenvalue weighted by Gasteiger charge is -2.37. The molecule has 2 unspecified atom stereocenters. The molecule has 0 aliphatic carbocycles. The van der Waals surface area contributed by atoms with Crippen LogP contribution in [-0.4, -0.2) is 64.9 Å². The summed E-state index contributed by atoms with van der Waals surface area (Å²) in [7, 11) is 0. The number of carbonyl (C=O) groups is 4. The summed E-state index contributed by atoms with van der Waals surface area (Å²) in [5, 5.41) is 18.7. The van der Waals surface area contributed by atoms with Gasteiger partial charge in [-0.3, -0.25) is 29.4 Å². The van der Waals surface area contributed by atoms with Gasteiger partial charge in [-0.2, -0.15) is 0 Å². The Labute approximate surface area is 167 Å². The number of hydrogen-bond donors (Lipinski definition) is 4. The second-order valence-electron chi connectivity index (χ2n) is 7.90. The molecule has 1 aromatic rings. The molecule has 0 radical (unpaired) electrons. The molecule has 0 saturated carbocycles. The average Bonchev–Trinajstić information content (AvgIpc) is 2.97. The SMILES string of the molecule is O=C1CCC(N2C(=O)c3ccc(CNC4(CO)CCCNC4)cc3C2=O)C(=O)N1. The maximum atomic E-state index is 12.9. The summed E-state index contributed by atoms with van der Waals surface area (Å²) in [6, 6.07) is 4.07. The fourth-order valence-corrected chi connectivity index (χ4v) is 4.23. The Morgan fingerprint density at radius 3 is 2.66 bits per heavy atom. The quantitative estimate of drug-likeness (QED) is 0.481. The molecule has 4 N–H and O–H groups in total. The first-order valence-electron chi connectivity index (χ1n) is 9.85. The summed E-state index contributed by atoms with van der Waals surface area (Å²) >= 11 is 0. The molecule has 29 heavy (non-hydrogen) atoms. The van der Waals surface area contributed by atoms with Gasteiger partial charge in [0.25, 0.3) is 11.8 Å². The van der Waals surface area contributed by atoms with Crippen LogP contribution >= 0.6 is 0 Å². The van der Waals surface area contributed by atoms with Gasteiger partial charge in [0.05, 0.1) is 23.3 Å². The molecule has 3 heterocycles. The standard InChI is InChI=1S/C20H24N4O5/c25-11-20(6-1-7-21-10-20)22-9-12-2-3-13-14(8-12)19(29)24(18(13)28)15-4-5-16(26)23-17(15)27/h2-3,8,15,21-22,25H,1,4-7,9-11H2,(H,23,26,27). The van der Waals surface area contributed by atoms with E-state index in [4.69, 9.17) is 0 Å². The van der Waals surface area contributed by atoms with E-state index in [1.165, 1.54) is 0 Å². The second-order valence-corrected chi connectivity index (χ2v) is 7.90. The zero-order valence-electron chi connectivity index (χ0n) is 16.0. The van der Waals surface area contributed by atoms with E-state index in [-0.39, 0.29) is 30.6 Å². The van der Waals surface area contributed by atoms with E-state index in [1.54, 1.807) is 18.2 Å². The van der Waals surface area contributed by atoms with E-state index in [0.717, 1.165) is 29.8 Å². The van der Waals surface area contributed by atoms with E-state index in [0.29, 0.717) is 13.1 Å². The van der Waals surface area contributed by atoms with Crippen LogP contribution in [0, 0.1) is 0 Å². The van der Waals surface area contributed by atoms with E-state index in [2.05, 4.69) is 16.0 Å². The predicted octanol–water partition coefficient (Wildman–Crippen LogP) is -0.708. The van der Waals surface area contributed by atoms with Gasteiger partial charge in [0.1, 0.15) is 6.04 Å². The van der Waals surface area contributed by atoms with Crippen LogP contribution in [0.1, 0.15) is 52.0 Å². The van der Waals surface area contributed by atoms with Crippen LogP contribution in [0.5, 0.6) is 0 Å². The van der Waals surface area contributed by atoms with Crippen molar-refractivity contribution in [2.45, 2.75) is 43.8 Å². The molecule has 3 aliphatic heterocycles. The van der Waals surface area contributed by atoms with Crippen molar-refractivity contribution in [2.75, 3.05) is 19.7 Å². The number of rotatable bonds is 5. The number of nitrogens with zero attached hydrogens (tertiary/aromatic N) is 1. The van der Waals surface area contributed by atoms with Crippen molar-refractivity contribution >= 4 is 23.6 Å². The van der Waals surface area contributed by atoms with Crippen LogP contribution in [-0.2, 0) is 16.1 Å². The monoisotopic (exact) mass is 400 g/mol. The molecule has 4 rings (SSSR count). The molecule has 9 heteroatoms. The van der Waals surface area contributed by atoms with Crippen molar-refractivity contribution in [1.82, 2.24) is 20.9 Å². The van der Waals surface area contributed by atoms with E-state index in [1.807, 2.05) is 0 Å². The third kappa shape index (κ3) is 3.57. The van der Waals surface area contributed by atoms with Gasteiger partial charge < -0.3 is 15.7 Å². The van der Waals surface area contributed by atoms with E-state index in [9.17, 15) is 24.3 Å². The van der Waals surface area contributed by atoms with Crippen LogP contribution in [0.25, 0.3) is 0 Å². The first-order valence-corrected chi connectivity index (χ1v) is 9.85. The highest BCUT2D eigenvalue weighted by molar-refractivity contribution is 6.23. The fourth-order valence-electron chi connectivity index (χ4n) is 4.23. The largest absolute Gasteiger partial charge is 0.394 e. The maximum Gasteiger partial charge on any atom is 0.262 e. The molecule has 3 aliphatic rings. The fraction of sp³-hybridized carbons (Fsp3) is 0.500. The van der Waals surface area contributed by atoms with Crippen LogP contribution < -0.4 is 16.0 Å². The third-order valence-electron chi connectivity index (χ3n) is 5.95. The van der Waals surface area contributed by atoms with Crippen molar-refractivity contribution in [3.05, 3.63) is 34.9 Å². The van der Waals surface area contributed by atoms with Gasteiger partial charge in [0.2, 0.25) is 11.8 Å². The van der Waals surface area contributed by atoms with Crippen LogP contribution in [0.4, 0.5) is 0 Å². The van der Waals surface area contributed by atoms with Gasteiger partial charge in [-0.05, 0) is 43.5 Å². The summed E-state index contributed by atoms with van der Waals surface area (Å²) < 4.78 is 0. The highest BCUT2D eigenvalue weighted by Gasteiger charge is 2.44. The Kier molecular flexibility index (Phi) is 5.20. The molecule has 154 valence electrons. The molecule has 9 nitrogen and oxygen atoms in total. The molecular formula is C20H24N4O5. The van der Waals surface area contributed by atoms with Crippen LogP contribution in [0.2, 0.25) is 0 Å². The number of fused-ring (bicyclic) bond motifs is 1. The molecular weight excluding hydrogens is 376 g/mol. The van der Waals surface area contributed by atoms with Gasteiger partial charge >= 0.3 is 0 Å². The number of benzene rings is 1. The minimum Gasteiger partial charge on any atom is -0.394 e. The van der Waals surface area contributed by atoms with Crippen LogP contribution in [0.3, 0.4) is 0 Å². The van der Waals surface area contributed by atoms with Gasteiger partial charge in [0, 0.05) is 19.5 Å². The number of amides is 4. The zero-order valence-corrected chi connectivity index (χ0v) is 16.0. The van der Waals surface area contributed by atoms with E-state index < -0.39 is 35.2 Å². The van der Waals surface area contributed by atoms with Crippen LogP contribution in [0.15, 0.2) is 18.2 Å². The average molecular weight is 400 g/mol. The summed E-state index contributed by atoms with van der Waals surface area (Å²) in [6.45, 7) is 2.03. The topological polar surface area (TPSA) is 128 Å². The molecule has 0 spiro atoms. The van der Waals surface area contributed by atoms with Crippen molar-refractivity contribution < 1.29 is 24.3 Å². The van der Waals surface area contributed by atoms with Crippen molar-refractivity contribution in [3.8, 4) is 0 Å². The molecule has 1 aromatic carbocycles. The number of carbonyl (C=O) groups excluding carboxylic acids is 4. The van der Waals surface area contributed by atoms with Gasteiger partial charge in [-0.15, -0.1) is 0 Å². The molecule has 2 fully saturated rings. The molecule has 0 aromatic heterocycles. The predicted molar refractivity (Wildman–Crippen MR) is 102 cm³/mol. The number of aliphatic hydroxyl groups excluding tert-OH is 1. The van der Waals surface area contributed by atoms with E-state index >= 15 is 0 Å². The Bertz CT molecular complexity index is 878. The summed E-state index contributed by atoms with van der Waals surface area (Å²) in [6.07, 6.45) is 2.04. The Hall–Kier alpha value is -2.62. The highest BCUT2D eigenvalue weighted by Crippen LogP contribution is 2.28. The van der Waals surface area contributed by atoms with Crippen molar-refractivity contribution in [2.24, 2.45) is 0 Å². The number of aliphatic hydroxyl groups is 1. The lowest BCUT2D eigenvalue weighted by molar-refractivity contribution is -0.136. The smallest absolute Gasteiger partial charge is 0.262 e. The molecule has 0 bridgehead atoms. The first-order chi connectivity index (χ1) is 13.9. The van der Waals surface area contributed by atoms with Gasteiger partial charge in [-0.25, -0.2) is 0 Å². The summed E-state index contributed by atoms with van der Waals surface area (Å²) in [5.74, 6) is -2.04. The second kappa shape index (κ2) is 7.66. The van der Waals surface area contributed by atoms with Gasteiger partial charge in [0.15, 0.2) is 0 Å². The number of hydrogen-bond acceptors (Lipinski definition) is 7. The Morgan fingerprint density at radius 1 is 1.17 bits per heavy atom.